The zero-order valence-corrected chi connectivity index (χ0v) is 9.79. The van der Waals surface area contributed by atoms with Gasteiger partial charge in [0.25, 0.3) is 0 Å². The van der Waals surface area contributed by atoms with Crippen molar-refractivity contribution in [3.63, 3.8) is 0 Å². The van der Waals surface area contributed by atoms with Crippen molar-refractivity contribution in [3.8, 4) is 12.1 Å². The minimum Gasteiger partial charge on any atom is -0.192 e. The Morgan fingerprint density at radius 3 is 2.65 bits per heavy atom. The molecule has 0 heterocycles. The van der Waals surface area contributed by atoms with Crippen LogP contribution in [-0.4, -0.2) is 4.86 Å². The zero-order chi connectivity index (χ0) is 12.3. The largest absolute Gasteiger partial charge is 0.192 e. The fraction of sp³-hybridized carbons (Fsp3) is 0.0714. The Bertz CT molecular complexity index is 625. The number of hydrogen-bond acceptors (Lipinski definition) is 3. The highest BCUT2D eigenvalue weighted by molar-refractivity contribution is 7.80. The zero-order valence-electron chi connectivity index (χ0n) is 8.97. The summed E-state index contributed by atoms with van der Waals surface area (Å²) in [5.41, 5.74) is 2.48. The Hall–Kier alpha value is -2.23. The van der Waals surface area contributed by atoms with Crippen molar-refractivity contribution in [1.29, 1.82) is 10.5 Å². The minimum absolute atomic E-state index is 0.399. The molecule has 1 aliphatic rings. The first-order valence-electron chi connectivity index (χ1n) is 5.11. The lowest BCUT2D eigenvalue weighted by Gasteiger charge is -2.10. The van der Waals surface area contributed by atoms with E-state index in [0.29, 0.717) is 11.1 Å². The molecule has 2 rings (SSSR count). The average Bonchev–Trinajstić information content (AvgIpc) is 2.37. The van der Waals surface area contributed by atoms with Gasteiger partial charge < -0.3 is 0 Å². The van der Waals surface area contributed by atoms with Crippen molar-refractivity contribution in [2.24, 2.45) is 0 Å². The van der Waals surface area contributed by atoms with E-state index < -0.39 is 0 Å². The summed E-state index contributed by atoms with van der Waals surface area (Å²) in [5, 5.41) is 18.1. The molecule has 1 aromatic carbocycles. The molecule has 0 atom stereocenters. The molecule has 17 heavy (non-hydrogen) atoms. The fourth-order valence-electron chi connectivity index (χ4n) is 1.76. The summed E-state index contributed by atoms with van der Waals surface area (Å²) in [7, 11) is 0. The van der Waals surface area contributed by atoms with Crippen molar-refractivity contribution in [3.05, 3.63) is 53.1 Å². The number of allylic oxidation sites excluding steroid dienone is 4. The number of hydrogen-bond donors (Lipinski definition) is 0. The van der Waals surface area contributed by atoms with Gasteiger partial charge in [0, 0.05) is 16.8 Å². The predicted octanol–water partition coefficient (Wildman–Crippen LogP) is 3.14. The molecule has 0 radical (unpaired) electrons. The van der Waals surface area contributed by atoms with Gasteiger partial charge in [0.1, 0.15) is 12.1 Å². The van der Waals surface area contributed by atoms with Crippen LogP contribution in [0.1, 0.15) is 23.1 Å². The van der Waals surface area contributed by atoms with Crippen molar-refractivity contribution < 1.29 is 0 Å². The SMILES string of the molecule is N#Cc1cccc(C2=CC(=S)CC=C2)c1C#N. The normalized spacial score (nSPS) is 13.8. The van der Waals surface area contributed by atoms with Gasteiger partial charge in [0.2, 0.25) is 0 Å². The molecule has 0 amide bonds. The molecule has 0 N–H and O–H groups in total. The summed E-state index contributed by atoms with van der Waals surface area (Å²) < 4.78 is 0. The first kappa shape index (κ1) is 11.3. The van der Waals surface area contributed by atoms with Crippen molar-refractivity contribution >= 4 is 22.7 Å². The van der Waals surface area contributed by atoms with Crippen LogP contribution in [0.3, 0.4) is 0 Å². The van der Waals surface area contributed by atoms with Gasteiger partial charge in [0.15, 0.2) is 0 Å². The van der Waals surface area contributed by atoms with E-state index in [1.807, 2.05) is 30.4 Å². The highest BCUT2D eigenvalue weighted by Gasteiger charge is 2.12. The number of nitriles is 2. The average molecular weight is 236 g/mol. The molecule has 0 unspecified atom stereocenters. The maximum absolute atomic E-state index is 9.14. The lowest BCUT2D eigenvalue weighted by atomic mass is 9.93. The monoisotopic (exact) mass is 236 g/mol. The van der Waals surface area contributed by atoms with Gasteiger partial charge in [0.05, 0.1) is 11.1 Å². The van der Waals surface area contributed by atoms with E-state index in [0.717, 1.165) is 22.4 Å². The van der Waals surface area contributed by atoms with Gasteiger partial charge in [-0.2, -0.15) is 10.5 Å². The maximum atomic E-state index is 9.14. The molecule has 2 nitrogen and oxygen atoms in total. The molecule has 0 aliphatic heterocycles. The molecule has 0 fully saturated rings. The molecule has 3 heteroatoms. The number of benzene rings is 1. The summed E-state index contributed by atoms with van der Waals surface area (Å²) in [4.78, 5) is 0.841. The van der Waals surface area contributed by atoms with Gasteiger partial charge in [-0.1, -0.05) is 36.5 Å². The van der Waals surface area contributed by atoms with E-state index in [1.165, 1.54) is 0 Å². The fourth-order valence-corrected chi connectivity index (χ4v) is 1.98. The summed E-state index contributed by atoms with van der Waals surface area (Å²) in [6, 6.07) is 9.38. The summed E-state index contributed by atoms with van der Waals surface area (Å²) in [6.45, 7) is 0. The second-order valence-electron chi connectivity index (χ2n) is 3.62. The maximum Gasteiger partial charge on any atom is 0.101 e. The van der Waals surface area contributed by atoms with Crippen LogP contribution >= 0.6 is 12.2 Å². The molecule has 0 bridgehead atoms. The van der Waals surface area contributed by atoms with Crippen LogP contribution in [0.5, 0.6) is 0 Å². The van der Waals surface area contributed by atoms with Crippen LogP contribution in [0.25, 0.3) is 5.57 Å². The molecular formula is C14H8N2S. The highest BCUT2D eigenvalue weighted by atomic mass is 32.1. The number of nitrogens with zero attached hydrogens (tertiary/aromatic N) is 2. The Kier molecular flexibility index (Phi) is 3.14. The highest BCUT2D eigenvalue weighted by Crippen LogP contribution is 2.25. The Morgan fingerprint density at radius 1 is 1.18 bits per heavy atom. The number of rotatable bonds is 1. The minimum atomic E-state index is 0.399. The third-order valence-corrected chi connectivity index (χ3v) is 2.83. The van der Waals surface area contributed by atoms with E-state index in [2.05, 4.69) is 6.07 Å². The van der Waals surface area contributed by atoms with Crippen LogP contribution in [0.2, 0.25) is 0 Å². The van der Waals surface area contributed by atoms with Crippen molar-refractivity contribution in [1.82, 2.24) is 0 Å². The smallest absolute Gasteiger partial charge is 0.101 e. The van der Waals surface area contributed by atoms with Crippen molar-refractivity contribution in [2.75, 3.05) is 0 Å². The Morgan fingerprint density at radius 2 is 2.00 bits per heavy atom. The van der Waals surface area contributed by atoms with Gasteiger partial charge in [-0.25, -0.2) is 0 Å². The summed E-state index contributed by atoms with van der Waals surface area (Å²) in [5.74, 6) is 0. The van der Waals surface area contributed by atoms with Gasteiger partial charge in [-0.3, -0.25) is 0 Å². The molecule has 0 saturated heterocycles. The van der Waals surface area contributed by atoms with E-state index in [9.17, 15) is 0 Å². The molecular weight excluding hydrogens is 228 g/mol. The first-order valence-corrected chi connectivity index (χ1v) is 5.51. The lowest BCUT2D eigenvalue weighted by molar-refractivity contribution is 1.40. The topological polar surface area (TPSA) is 47.6 Å². The summed E-state index contributed by atoms with van der Waals surface area (Å²) >= 11 is 5.15. The number of thiocarbonyl (C=S) groups is 1. The molecule has 0 spiro atoms. The first-order chi connectivity index (χ1) is 8.26. The van der Waals surface area contributed by atoms with E-state index in [-0.39, 0.29) is 0 Å². The third kappa shape index (κ3) is 2.15. The predicted molar refractivity (Wildman–Crippen MR) is 70.2 cm³/mol. The molecule has 80 valence electrons. The van der Waals surface area contributed by atoms with Gasteiger partial charge in [-0.15, -0.1) is 0 Å². The van der Waals surface area contributed by atoms with E-state index >= 15 is 0 Å². The molecule has 1 aliphatic carbocycles. The second-order valence-corrected chi connectivity index (χ2v) is 4.15. The van der Waals surface area contributed by atoms with Crippen LogP contribution in [0.15, 0.2) is 36.4 Å². The molecule has 0 saturated carbocycles. The second kappa shape index (κ2) is 4.74. The van der Waals surface area contributed by atoms with Crippen LogP contribution in [0.4, 0.5) is 0 Å². The van der Waals surface area contributed by atoms with Crippen molar-refractivity contribution in [2.45, 2.75) is 6.42 Å². The summed E-state index contributed by atoms with van der Waals surface area (Å²) in [6.07, 6.45) is 6.55. The van der Waals surface area contributed by atoms with E-state index in [4.69, 9.17) is 22.7 Å². The standard InChI is InChI=1S/C14H8N2S/c15-8-11-4-2-6-13(14(11)9-16)10-3-1-5-12(17)7-10/h1-4,6-7H,5H2. The van der Waals surface area contributed by atoms with Crippen LogP contribution in [-0.2, 0) is 0 Å². The van der Waals surface area contributed by atoms with Gasteiger partial charge >= 0.3 is 0 Å². The van der Waals surface area contributed by atoms with Crippen LogP contribution < -0.4 is 0 Å². The lowest BCUT2D eigenvalue weighted by Crippen LogP contribution is -1.98. The third-order valence-electron chi connectivity index (χ3n) is 2.54. The Balaban J connectivity index is 2.62. The molecule has 0 aromatic heterocycles. The van der Waals surface area contributed by atoms with Crippen LogP contribution in [0, 0.1) is 22.7 Å². The quantitative estimate of drug-likeness (QED) is 0.704. The Labute approximate surface area is 105 Å². The molecule has 1 aromatic rings. The van der Waals surface area contributed by atoms with Gasteiger partial charge in [-0.05, 0) is 17.7 Å². The van der Waals surface area contributed by atoms with E-state index in [1.54, 1.807) is 12.1 Å².